The summed E-state index contributed by atoms with van der Waals surface area (Å²) in [4.78, 5) is 0. The van der Waals surface area contributed by atoms with Gasteiger partial charge in [0.15, 0.2) is 0 Å². The van der Waals surface area contributed by atoms with Crippen LogP contribution >= 0.6 is 23.4 Å². The Morgan fingerprint density at radius 2 is 1.84 bits per heavy atom. The Hall–Kier alpha value is -1.50. The van der Waals surface area contributed by atoms with Gasteiger partial charge in [0.25, 0.3) is 0 Å². The maximum absolute atomic E-state index is 13.1. The van der Waals surface area contributed by atoms with E-state index in [4.69, 9.17) is 16.9 Å². The second-order valence-corrected chi connectivity index (χ2v) is 5.45. The Morgan fingerprint density at radius 3 is 2.53 bits per heavy atom. The molecule has 0 saturated heterocycles. The molecule has 0 aliphatic carbocycles. The molecule has 0 heterocycles. The fourth-order valence-electron chi connectivity index (χ4n) is 1.65. The SMILES string of the molecule is N#Cc1ccc(F)cc1CSCc1ccc(Cl)cc1. The zero-order valence-corrected chi connectivity index (χ0v) is 11.6. The van der Waals surface area contributed by atoms with Crippen LogP contribution in [0.15, 0.2) is 42.5 Å². The average Bonchev–Trinajstić information content (AvgIpc) is 2.41. The molecule has 0 saturated carbocycles. The summed E-state index contributed by atoms with van der Waals surface area (Å²) in [6, 6.07) is 14.0. The molecule has 0 spiro atoms. The molecule has 1 nitrogen and oxygen atoms in total. The van der Waals surface area contributed by atoms with Crippen molar-refractivity contribution in [2.75, 3.05) is 0 Å². The summed E-state index contributed by atoms with van der Waals surface area (Å²) in [5.41, 5.74) is 2.43. The predicted molar refractivity (Wildman–Crippen MR) is 77.6 cm³/mol. The summed E-state index contributed by atoms with van der Waals surface area (Å²) >= 11 is 7.46. The highest BCUT2D eigenvalue weighted by molar-refractivity contribution is 7.97. The molecule has 0 unspecified atom stereocenters. The highest BCUT2D eigenvalue weighted by Crippen LogP contribution is 2.21. The monoisotopic (exact) mass is 291 g/mol. The van der Waals surface area contributed by atoms with Gasteiger partial charge in [-0.25, -0.2) is 4.39 Å². The van der Waals surface area contributed by atoms with Gasteiger partial charge in [-0.05, 0) is 41.5 Å². The molecule has 0 N–H and O–H groups in total. The molecule has 96 valence electrons. The number of nitriles is 1. The zero-order valence-electron chi connectivity index (χ0n) is 10.1. The summed E-state index contributed by atoms with van der Waals surface area (Å²) in [5, 5.41) is 9.67. The van der Waals surface area contributed by atoms with Crippen molar-refractivity contribution in [3.05, 3.63) is 70.0 Å². The third-order valence-corrected chi connectivity index (χ3v) is 3.93. The molecule has 0 aromatic heterocycles. The van der Waals surface area contributed by atoms with Crippen LogP contribution < -0.4 is 0 Å². The number of benzene rings is 2. The minimum atomic E-state index is -0.305. The number of hydrogen-bond acceptors (Lipinski definition) is 2. The molecule has 0 radical (unpaired) electrons. The van der Waals surface area contributed by atoms with Crippen LogP contribution in [0.4, 0.5) is 4.39 Å². The van der Waals surface area contributed by atoms with Crippen molar-refractivity contribution in [3.63, 3.8) is 0 Å². The largest absolute Gasteiger partial charge is 0.207 e. The minimum Gasteiger partial charge on any atom is -0.207 e. The van der Waals surface area contributed by atoms with E-state index in [9.17, 15) is 4.39 Å². The van der Waals surface area contributed by atoms with Gasteiger partial charge in [-0.3, -0.25) is 0 Å². The van der Waals surface area contributed by atoms with Crippen molar-refractivity contribution in [1.29, 1.82) is 5.26 Å². The van der Waals surface area contributed by atoms with Gasteiger partial charge < -0.3 is 0 Å². The first-order valence-electron chi connectivity index (χ1n) is 5.70. The van der Waals surface area contributed by atoms with Gasteiger partial charge in [-0.2, -0.15) is 17.0 Å². The molecular weight excluding hydrogens is 281 g/mol. The van der Waals surface area contributed by atoms with Crippen LogP contribution in [0.2, 0.25) is 5.02 Å². The average molecular weight is 292 g/mol. The number of thioether (sulfide) groups is 1. The number of hydrogen-bond donors (Lipinski definition) is 0. The van der Waals surface area contributed by atoms with Crippen LogP contribution in [-0.2, 0) is 11.5 Å². The topological polar surface area (TPSA) is 23.8 Å². The first kappa shape index (κ1) is 13.9. The van der Waals surface area contributed by atoms with E-state index in [0.717, 1.165) is 16.9 Å². The smallest absolute Gasteiger partial charge is 0.123 e. The van der Waals surface area contributed by atoms with Crippen molar-refractivity contribution in [1.82, 2.24) is 0 Å². The Bertz CT molecular complexity index is 605. The first-order chi connectivity index (χ1) is 9.19. The van der Waals surface area contributed by atoms with Crippen molar-refractivity contribution < 1.29 is 4.39 Å². The summed E-state index contributed by atoms with van der Waals surface area (Å²) < 4.78 is 13.1. The fourth-order valence-corrected chi connectivity index (χ4v) is 2.77. The molecule has 0 aliphatic rings. The first-order valence-corrected chi connectivity index (χ1v) is 7.23. The minimum absolute atomic E-state index is 0.305. The van der Waals surface area contributed by atoms with Gasteiger partial charge in [-0.1, -0.05) is 23.7 Å². The van der Waals surface area contributed by atoms with Crippen molar-refractivity contribution >= 4 is 23.4 Å². The summed E-state index contributed by atoms with van der Waals surface area (Å²) in [6.45, 7) is 0. The lowest BCUT2D eigenvalue weighted by molar-refractivity contribution is 0.626. The maximum atomic E-state index is 13.1. The third-order valence-electron chi connectivity index (χ3n) is 2.63. The van der Waals surface area contributed by atoms with Crippen LogP contribution in [0, 0.1) is 17.1 Å². The lowest BCUT2D eigenvalue weighted by Gasteiger charge is -2.05. The number of rotatable bonds is 4. The van der Waals surface area contributed by atoms with Crippen LogP contribution in [0.3, 0.4) is 0 Å². The van der Waals surface area contributed by atoms with Crippen molar-refractivity contribution in [3.8, 4) is 6.07 Å². The molecule has 2 rings (SSSR count). The molecule has 19 heavy (non-hydrogen) atoms. The van der Waals surface area contributed by atoms with Gasteiger partial charge >= 0.3 is 0 Å². The van der Waals surface area contributed by atoms with Crippen molar-refractivity contribution in [2.24, 2.45) is 0 Å². The summed E-state index contributed by atoms with van der Waals surface area (Å²) in [5.74, 6) is 1.11. The predicted octanol–water partition coefficient (Wildman–Crippen LogP) is 4.78. The normalized spacial score (nSPS) is 10.2. The Balaban J connectivity index is 1.98. The summed E-state index contributed by atoms with van der Waals surface area (Å²) in [7, 11) is 0. The van der Waals surface area contributed by atoms with Crippen LogP contribution in [0.25, 0.3) is 0 Å². The third kappa shape index (κ3) is 3.99. The molecule has 2 aromatic rings. The lowest BCUT2D eigenvalue weighted by Crippen LogP contribution is -1.90. The van der Waals surface area contributed by atoms with E-state index >= 15 is 0 Å². The molecule has 2 aromatic carbocycles. The van der Waals surface area contributed by atoms with E-state index < -0.39 is 0 Å². The summed E-state index contributed by atoms with van der Waals surface area (Å²) in [6.07, 6.45) is 0. The molecule has 0 fully saturated rings. The van der Waals surface area contributed by atoms with Gasteiger partial charge in [-0.15, -0.1) is 0 Å². The molecule has 0 bridgehead atoms. The van der Waals surface area contributed by atoms with E-state index in [-0.39, 0.29) is 5.82 Å². The molecule has 0 atom stereocenters. The fraction of sp³-hybridized carbons (Fsp3) is 0.133. The Kier molecular flexibility index (Phi) is 4.84. The lowest BCUT2D eigenvalue weighted by atomic mass is 10.1. The van der Waals surface area contributed by atoms with Crippen LogP contribution in [0.1, 0.15) is 16.7 Å². The van der Waals surface area contributed by atoms with E-state index in [2.05, 4.69) is 6.07 Å². The van der Waals surface area contributed by atoms with Crippen LogP contribution in [0.5, 0.6) is 0 Å². The quantitative estimate of drug-likeness (QED) is 0.809. The highest BCUT2D eigenvalue weighted by atomic mass is 35.5. The van der Waals surface area contributed by atoms with Crippen LogP contribution in [-0.4, -0.2) is 0 Å². The highest BCUT2D eigenvalue weighted by Gasteiger charge is 2.04. The van der Waals surface area contributed by atoms with E-state index in [1.54, 1.807) is 11.8 Å². The zero-order chi connectivity index (χ0) is 13.7. The Labute approximate surface area is 121 Å². The second kappa shape index (κ2) is 6.60. The number of nitrogens with zero attached hydrogens (tertiary/aromatic N) is 1. The molecule has 4 heteroatoms. The molecule has 0 aliphatic heterocycles. The second-order valence-electron chi connectivity index (χ2n) is 4.03. The standard InChI is InChI=1S/C15H11ClFNS/c16-14-4-1-11(2-5-14)9-19-10-13-7-15(17)6-3-12(13)8-18/h1-7H,9-10H2. The Morgan fingerprint density at radius 1 is 1.11 bits per heavy atom. The van der Waals surface area contributed by atoms with Gasteiger partial charge in [0, 0.05) is 16.5 Å². The van der Waals surface area contributed by atoms with E-state index in [1.165, 1.54) is 18.2 Å². The van der Waals surface area contributed by atoms with Gasteiger partial charge in [0.2, 0.25) is 0 Å². The van der Waals surface area contributed by atoms with E-state index in [1.807, 2.05) is 24.3 Å². The van der Waals surface area contributed by atoms with Gasteiger partial charge in [0.05, 0.1) is 11.6 Å². The van der Waals surface area contributed by atoms with E-state index in [0.29, 0.717) is 16.3 Å². The number of halogens is 2. The molecule has 0 amide bonds. The maximum Gasteiger partial charge on any atom is 0.123 e. The van der Waals surface area contributed by atoms with Gasteiger partial charge in [0.1, 0.15) is 5.82 Å². The van der Waals surface area contributed by atoms with Crippen molar-refractivity contribution in [2.45, 2.75) is 11.5 Å². The molecular formula is C15H11ClFNS.